The summed E-state index contributed by atoms with van der Waals surface area (Å²) in [4.78, 5) is 7.23. The van der Waals surface area contributed by atoms with Crippen LogP contribution in [0.5, 0.6) is 0 Å². The molecule has 0 saturated carbocycles. The fraction of sp³-hybridized carbons (Fsp3) is 0.208. The lowest BCUT2D eigenvalue weighted by molar-refractivity contribution is 0.332. The van der Waals surface area contributed by atoms with Gasteiger partial charge in [-0.2, -0.15) is 0 Å². The molecule has 2 aromatic carbocycles. The minimum Gasteiger partial charge on any atom is -0.332 e. The number of pyridine rings is 1. The van der Waals surface area contributed by atoms with Gasteiger partial charge in [-0.1, -0.05) is 78.3 Å². The van der Waals surface area contributed by atoms with Gasteiger partial charge in [0.2, 0.25) is 0 Å². The Morgan fingerprint density at radius 1 is 0.926 bits per heavy atom. The number of halogens is 1. The van der Waals surface area contributed by atoms with E-state index in [-0.39, 0.29) is 11.5 Å². The zero-order valence-corrected chi connectivity index (χ0v) is 17.0. The first-order valence-electron chi connectivity index (χ1n) is 9.36. The van der Waals surface area contributed by atoms with Crippen LogP contribution in [-0.4, -0.2) is 11.0 Å². The number of para-hydroxylation sites is 1. The van der Waals surface area contributed by atoms with Crippen LogP contribution in [0.1, 0.15) is 19.4 Å². The van der Waals surface area contributed by atoms with Crippen LogP contribution in [0.15, 0.2) is 83.5 Å². The standard InChI is InChI=1S/C24H21BrN2/c1-24(2)17-9-3-5-11-20(17)27(21-12-6-4-10-18(21)24)22-14-13-19(25)16-8-7-15-26-23(16)22/h3-15,17,20H,1-2H3. The van der Waals surface area contributed by atoms with E-state index in [9.17, 15) is 0 Å². The van der Waals surface area contributed by atoms with Gasteiger partial charge in [-0.15, -0.1) is 0 Å². The molecule has 0 saturated heterocycles. The molecule has 1 aromatic heterocycles. The summed E-state index contributed by atoms with van der Waals surface area (Å²) in [5.74, 6) is 0.403. The third-order valence-corrected chi connectivity index (χ3v) is 6.74. The highest BCUT2D eigenvalue weighted by atomic mass is 79.9. The minimum absolute atomic E-state index is 0.0671. The van der Waals surface area contributed by atoms with Crippen LogP contribution in [-0.2, 0) is 5.41 Å². The van der Waals surface area contributed by atoms with E-state index in [0.717, 1.165) is 21.1 Å². The Kier molecular flexibility index (Phi) is 3.76. The molecular weight excluding hydrogens is 396 g/mol. The highest BCUT2D eigenvalue weighted by molar-refractivity contribution is 9.10. The van der Waals surface area contributed by atoms with Gasteiger partial charge in [0.25, 0.3) is 0 Å². The Hall–Kier alpha value is -2.39. The number of nitrogens with zero attached hydrogens (tertiary/aromatic N) is 2. The van der Waals surface area contributed by atoms with E-state index >= 15 is 0 Å². The van der Waals surface area contributed by atoms with Gasteiger partial charge in [-0.3, -0.25) is 4.98 Å². The van der Waals surface area contributed by atoms with Crippen LogP contribution in [0, 0.1) is 5.92 Å². The molecular formula is C24H21BrN2. The highest BCUT2D eigenvalue weighted by Crippen LogP contribution is 2.51. The summed E-state index contributed by atoms with van der Waals surface area (Å²) in [6.45, 7) is 4.73. The van der Waals surface area contributed by atoms with Crippen molar-refractivity contribution in [2.24, 2.45) is 5.92 Å². The molecule has 5 rings (SSSR count). The smallest absolute Gasteiger partial charge is 0.0950 e. The number of hydrogen-bond acceptors (Lipinski definition) is 2. The third kappa shape index (κ3) is 2.41. The fourth-order valence-corrected chi connectivity index (χ4v) is 5.14. The van der Waals surface area contributed by atoms with Gasteiger partial charge >= 0.3 is 0 Å². The molecule has 1 aliphatic heterocycles. The Morgan fingerprint density at radius 3 is 2.63 bits per heavy atom. The SMILES string of the molecule is CC1(C)c2ccccc2N(c2ccc(Br)c3cccnc23)C2C=CC=CC21. The molecule has 0 bridgehead atoms. The Bertz CT molecular complexity index is 1100. The molecule has 2 nitrogen and oxygen atoms in total. The van der Waals surface area contributed by atoms with E-state index < -0.39 is 0 Å². The summed E-state index contributed by atoms with van der Waals surface area (Å²) in [5.41, 5.74) is 4.92. The molecule has 2 heterocycles. The maximum Gasteiger partial charge on any atom is 0.0950 e. The van der Waals surface area contributed by atoms with Crippen molar-refractivity contribution in [1.82, 2.24) is 4.98 Å². The summed E-state index contributed by atoms with van der Waals surface area (Å²) in [6.07, 6.45) is 10.9. The predicted octanol–water partition coefficient (Wildman–Crippen LogP) is 6.54. The van der Waals surface area contributed by atoms with Gasteiger partial charge < -0.3 is 4.90 Å². The molecule has 0 amide bonds. The lowest BCUT2D eigenvalue weighted by Crippen LogP contribution is -2.49. The summed E-state index contributed by atoms with van der Waals surface area (Å²) in [5, 5.41) is 1.14. The van der Waals surface area contributed by atoms with E-state index in [4.69, 9.17) is 4.98 Å². The van der Waals surface area contributed by atoms with Gasteiger partial charge in [0.15, 0.2) is 0 Å². The van der Waals surface area contributed by atoms with Crippen LogP contribution >= 0.6 is 15.9 Å². The molecule has 134 valence electrons. The molecule has 27 heavy (non-hydrogen) atoms. The molecule has 0 N–H and O–H groups in total. The summed E-state index contributed by atoms with van der Waals surface area (Å²) < 4.78 is 1.08. The van der Waals surface area contributed by atoms with E-state index in [2.05, 4.69) is 101 Å². The largest absolute Gasteiger partial charge is 0.332 e. The second-order valence-corrected chi connectivity index (χ2v) is 8.72. The molecule has 3 heteroatoms. The molecule has 0 radical (unpaired) electrons. The maximum absolute atomic E-state index is 4.75. The number of anilines is 2. The quantitative estimate of drug-likeness (QED) is 0.447. The van der Waals surface area contributed by atoms with E-state index in [1.165, 1.54) is 11.3 Å². The first kappa shape index (κ1) is 16.8. The topological polar surface area (TPSA) is 16.1 Å². The highest BCUT2D eigenvalue weighted by Gasteiger charge is 2.45. The summed E-state index contributed by atoms with van der Waals surface area (Å²) in [6, 6.07) is 17.5. The fourth-order valence-electron chi connectivity index (χ4n) is 4.69. The third-order valence-electron chi connectivity index (χ3n) is 6.05. The summed E-state index contributed by atoms with van der Waals surface area (Å²) >= 11 is 3.69. The van der Waals surface area contributed by atoms with Crippen LogP contribution in [0.25, 0.3) is 10.9 Å². The average molecular weight is 417 g/mol. The van der Waals surface area contributed by atoms with Crippen LogP contribution in [0.4, 0.5) is 11.4 Å². The Labute approximate surface area is 168 Å². The van der Waals surface area contributed by atoms with Crippen molar-refractivity contribution in [3.8, 4) is 0 Å². The van der Waals surface area contributed by atoms with E-state index in [0.29, 0.717) is 5.92 Å². The first-order chi connectivity index (χ1) is 13.1. The first-order valence-corrected chi connectivity index (χ1v) is 10.2. The number of fused-ring (bicyclic) bond motifs is 3. The second kappa shape index (κ2) is 6.07. The number of rotatable bonds is 1. The Morgan fingerprint density at radius 2 is 1.74 bits per heavy atom. The molecule has 3 aromatic rings. The zero-order chi connectivity index (χ0) is 18.6. The molecule has 2 unspecified atom stereocenters. The van der Waals surface area contributed by atoms with Gasteiger partial charge in [-0.25, -0.2) is 0 Å². The van der Waals surface area contributed by atoms with E-state index in [1.54, 1.807) is 0 Å². The van der Waals surface area contributed by atoms with Crippen molar-refractivity contribution in [2.75, 3.05) is 4.90 Å². The normalized spacial score (nSPS) is 22.6. The van der Waals surface area contributed by atoms with Gasteiger partial charge in [0, 0.05) is 33.1 Å². The van der Waals surface area contributed by atoms with Gasteiger partial charge in [-0.05, 0) is 29.8 Å². The number of allylic oxidation sites excluding steroid dienone is 2. The van der Waals surface area contributed by atoms with Gasteiger partial charge in [0.05, 0.1) is 17.2 Å². The van der Waals surface area contributed by atoms with Crippen molar-refractivity contribution in [1.29, 1.82) is 0 Å². The van der Waals surface area contributed by atoms with Crippen molar-refractivity contribution >= 4 is 38.2 Å². The number of benzene rings is 2. The molecule has 2 atom stereocenters. The second-order valence-electron chi connectivity index (χ2n) is 7.86. The van der Waals surface area contributed by atoms with Crippen molar-refractivity contribution < 1.29 is 0 Å². The van der Waals surface area contributed by atoms with Crippen molar-refractivity contribution in [3.05, 3.63) is 89.1 Å². The van der Waals surface area contributed by atoms with Crippen molar-refractivity contribution in [2.45, 2.75) is 25.3 Å². The lowest BCUT2D eigenvalue weighted by Gasteiger charge is -2.50. The Balaban J connectivity index is 1.83. The minimum atomic E-state index is 0.0671. The molecule has 0 spiro atoms. The zero-order valence-electron chi connectivity index (χ0n) is 15.4. The average Bonchev–Trinajstić information content (AvgIpc) is 2.70. The maximum atomic E-state index is 4.75. The van der Waals surface area contributed by atoms with Crippen LogP contribution < -0.4 is 4.90 Å². The van der Waals surface area contributed by atoms with E-state index in [1.807, 2.05) is 12.3 Å². The molecule has 1 aliphatic carbocycles. The molecule has 2 aliphatic rings. The summed E-state index contributed by atoms with van der Waals surface area (Å²) in [7, 11) is 0. The molecule has 0 fully saturated rings. The predicted molar refractivity (Wildman–Crippen MR) is 117 cm³/mol. The lowest BCUT2D eigenvalue weighted by atomic mass is 9.65. The van der Waals surface area contributed by atoms with Gasteiger partial charge in [0.1, 0.15) is 0 Å². The number of aromatic nitrogens is 1. The van der Waals surface area contributed by atoms with Crippen LogP contribution in [0.3, 0.4) is 0 Å². The monoisotopic (exact) mass is 416 g/mol. The number of hydrogen-bond donors (Lipinski definition) is 0. The van der Waals surface area contributed by atoms with Crippen molar-refractivity contribution in [3.63, 3.8) is 0 Å². The van der Waals surface area contributed by atoms with Crippen LogP contribution in [0.2, 0.25) is 0 Å².